The summed E-state index contributed by atoms with van der Waals surface area (Å²) in [5.74, 6) is -0.139. The third kappa shape index (κ3) is 5.88. The molecule has 1 amide bonds. The SMILES string of the molecule is CCN(CC)c1ccc(S(=O)(=O)N2CCOCC2)cc1NC(=O)CCc1ccc(C)cc1. The molecule has 0 radical (unpaired) electrons. The first-order chi connectivity index (χ1) is 15.3. The molecule has 1 saturated heterocycles. The summed E-state index contributed by atoms with van der Waals surface area (Å²) in [5, 5.41) is 2.97. The molecule has 8 heteroatoms. The quantitative estimate of drug-likeness (QED) is 0.622. The molecule has 1 heterocycles. The number of amides is 1. The number of sulfonamides is 1. The maximum Gasteiger partial charge on any atom is 0.243 e. The van der Waals surface area contributed by atoms with E-state index in [0.29, 0.717) is 44.8 Å². The van der Waals surface area contributed by atoms with Crippen LogP contribution in [0.5, 0.6) is 0 Å². The van der Waals surface area contributed by atoms with Crippen molar-refractivity contribution in [1.29, 1.82) is 0 Å². The fourth-order valence-electron chi connectivity index (χ4n) is 3.78. The minimum Gasteiger partial charge on any atom is -0.379 e. The van der Waals surface area contributed by atoms with Crippen molar-refractivity contribution in [2.75, 3.05) is 49.6 Å². The van der Waals surface area contributed by atoms with Gasteiger partial charge in [-0.05, 0) is 51.0 Å². The zero-order valence-corrected chi connectivity index (χ0v) is 20.0. The standard InChI is InChI=1S/C24H33N3O4S/c1-4-26(5-2)23-12-11-21(32(29,30)27-14-16-31-17-15-27)18-22(23)25-24(28)13-10-20-8-6-19(3)7-9-20/h6-9,11-12,18H,4-5,10,13-17H2,1-3H3,(H,25,28). The number of carbonyl (C=O) groups is 1. The second-order valence-corrected chi connectivity index (χ2v) is 9.84. The molecule has 0 aromatic heterocycles. The van der Waals surface area contributed by atoms with Crippen LogP contribution in [0.3, 0.4) is 0 Å². The molecule has 2 aromatic carbocycles. The Morgan fingerprint density at radius 1 is 1.06 bits per heavy atom. The number of morpholine rings is 1. The number of benzene rings is 2. The monoisotopic (exact) mass is 459 g/mol. The van der Waals surface area contributed by atoms with E-state index in [2.05, 4.69) is 10.2 Å². The molecule has 1 aliphatic heterocycles. The predicted molar refractivity (Wildman–Crippen MR) is 128 cm³/mol. The van der Waals surface area contributed by atoms with Crippen molar-refractivity contribution >= 4 is 27.3 Å². The van der Waals surface area contributed by atoms with Crippen LogP contribution in [0.4, 0.5) is 11.4 Å². The van der Waals surface area contributed by atoms with Crippen LogP contribution in [-0.4, -0.2) is 58.0 Å². The Morgan fingerprint density at radius 2 is 1.72 bits per heavy atom. The van der Waals surface area contributed by atoms with Gasteiger partial charge in [-0.1, -0.05) is 29.8 Å². The zero-order valence-electron chi connectivity index (χ0n) is 19.1. The Bertz CT molecular complexity index is 1010. The molecule has 2 aromatic rings. The van der Waals surface area contributed by atoms with Crippen LogP contribution < -0.4 is 10.2 Å². The van der Waals surface area contributed by atoms with Crippen LogP contribution in [0.25, 0.3) is 0 Å². The highest BCUT2D eigenvalue weighted by atomic mass is 32.2. The number of anilines is 2. The first-order valence-electron chi connectivity index (χ1n) is 11.2. The van der Waals surface area contributed by atoms with Crippen LogP contribution in [0.1, 0.15) is 31.4 Å². The van der Waals surface area contributed by atoms with Crippen molar-refractivity contribution in [2.24, 2.45) is 0 Å². The van der Waals surface area contributed by atoms with E-state index in [1.54, 1.807) is 18.2 Å². The van der Waals surface area contributed by atoms with Gasteiger partial charge in [0.2, 0.25) is 15.9 Å². The van der Waals surface area contributed by atoms with Gasteiger partial charge in [-0.3, -0.25) is 4.79 Å². The lowest BCUT2D eigenvalue weighted by Gasteiger charge is -2.28. The van der Waals surface area contributed by atoms with Crippen LogP contribution >= 0.6 is 0 Å². The van der Waals surface area contributed by atoms with E-state index in [9.17, 15) is 13.2 Å². The van der Waals surface area contributed by atoms with Gasteiger partial charge in [0.25, 0.3) is 0 Å². The molecule has 1 N–H and O–H groups in total. The molecule has 1 aliphatic rings. The molecule has 7 nitrogen and oxygen atoms in total. The lowest BCUT2D eigenvalue weighted by molar-refractivity contribution is -0.116. The van der Waals surface area contributed by atoms with Crippen LogP contribution in [0, 0.1) is 6.92 Å². The Kier molecular flexibility index (Phi) is 8.28. The van der Waals surface area contributed by atoms with Crippen molar-refractivity contribution < 1.29 is 17.9 Å². The smallest absolute Gasteiger partial charge is 0.243 e. The number of nitrogens with one attached hydrogen (secondary N) is 1. The van der Waals surface area contributed by atoms with Gasteiger partial charge < -0.3 is 15.0 Å². The summed E-state index contributed by atoms with van der Waals surface area (Å²) in [6.07, 6.45) is 0.944. The Labute approximate surface area is 191 Å². The summed E-state index contributed by atoms with van der Waals surface area (Å²) in [6, 6.07) is 13.1. The van der Waals surface area contributed by atoms with Crippen molar-refractivity contribution in [3.05, 3.63) is 53.6 Å². The number of nitrogens with zero attached hydrogens (tertiary/aromatic N) is 2. The summed E-state index contributed by atoms with van der Waals surface area (Å²) in [6.45, 7) is 9.03. The minimum atomic E-state index is -3.65. The maximum absolute atomic E-state index is 13.1. The van der Waals surface area contributed by atoms with Crippen LogP contribution in [0.2, 0.25) is 0 Å². The fraction of sp³-hybridized carbons (Fsp3) is 0.458. The van der Waals surface area contributed by atoms with E-state index in [4.69, 9.17) is 4.74 Å². The van der Waals surface area contributed by atoms with Crippen molar-refractivity contribution in [3.8, 4) is 0 Å². The average molecular weight is 460 g/mol. The van der Waals surface area contributed by atoms with Crippen LogP contribution in [0.15, 0.2) is 47.4 Å². The summed E-state index contributed by atoms with van der Waals surface area (Å²) < 4.78 is 33.0. The first kappa shape index (κ1) is 24.2. The Morgan fingerprint density at radius 3 is 2.34 bits per heavy atom. The number of aryl methyl sites for hydroxylation is 2. The summed E-state index contributed by atoms with van der Waals surface area (Å²) >= 11 is 0. The zero-order chi connectivity index (χ0) is 23.1. The normalized spacial score (nSPS) is 14.8. The third-order valence-electron chi connectivity index (χ3n) is 5.72. The molecule has 0 spiro atoms. The lowest BCUT2D eigenvalue weighted by atomic mass is 10.1. The summed E-state index contributed by atoms with van der Waals surface area (Å²) in [7, 11) is -3.65. The van der Waals surface area contributed by atoms with Crippen molar-refractivity contribution in [1.82, 2.24) is 4.31 Å². The fourth-order valence-corrected chi connectivity index (χ4v) is 5.21. The van der Waals surface area contributed by atoms with E-state index >= 15 is 0 Å². The number of ether oxygens (including phenoxy) is 1. The number of hydrogen-bond donors (Lipinski definition) is 1. The highest BCUT2D eigenvalue weighted by molar-refractivity contribution is 7.89. The molecule has 0 bridgehead atoms. The van der Waals surface area contributed by atoms with Gasteiger partial charge in [-0.15, -0.1) is 0 Å². The Hall–Kier alpha value is -2.42. The van der Waals surface area contributed by atoms with Gasteiger partial charge >= 0.3 is 0 Å². The van der Waals surface area contributed by atoms with Crippen molar-refractivity contribution in [2.45, 2.75) is 38.5 Å². The molecular formula is C24H33N3O4S. The van der Waals surface area contributed by atoms with Crippen molar-refractivity contribution in [3.63, 3.8) is 0 Å². The maximum atomic E-state index is 13.1. The van der Waals surface area contributed by atoms with E-state index in [1.165, 1.54) is 9.87 Å². The molecule has 0 unspecified atom stereocenters. The van der Waals surface area contributed by atoms with Gasteiger partial charge in [0, 0.05) is 32.6 Å². The van der Waals surface area contributed by atoms with Gasteiger partial charge in [0.05, 0.1) is 29.5 Å². The topological polar surface area (TPSA) is 79.0 Å². The van der Waals surface area contributed by atoms with Gasteiger partial charge in [-0.2, -0.15) is 4.31 Å². The molecule has 0 aliphatic carbocycles. The van der Waals surface area contributed by atoms with Gasteiger partial charge in [0.15, 0.2) is 0 Å². The molecule has 32 heavy (non-hydrogen) atoms. The third-order valence-corrected chi connectivity index (χ3v) is 7.61. The first-order valence-corrected chi connectivity index (χ1v) is 12.6. The largest absolute Gasteiger partial charge is 0.379 e. The van der Waals surface area contributed by atoms with E-state index in [0.717, 1.165) is 24.3 Å². The number of hydrogen-bond acceptors (Lipinski definition) is 5. The number of carbonyl (C=O) groups excluding carboxylic acids is 1. The summed E-state index contributed by atoms with van der Waals surface area (Å²) in [4.78, 5) is 15.0. The molecule has 174 valence electrons. The van der Waals surface area contributed by atoms with Gasteiger partial charge in [0.1, 0.15) is 0 Å². The predicted octanol–water partition coefficient (Wildman–Crippen LogP) is 3.43. The minimum absolute atomic E-state index is 0.139. The van der Waals surface area contributed by atoms with E-state index in [1.807, 2.05) is 45.0 Å². The highest BCUT2D eigenvalue weighted by Gasteiger charge is 2.27. The second-order valence-electron chi connectivity index (χ2n) is 7.90. The molecule has 0 saturated carbocycles. The lowest BCUT2D eigenvalue weighted by Crippen LogP contribution is -2.40. The summed E-state index contributed by atoms with van der Waals surface area (Å²) in [5.41, 5.74) is 3.62. The molecule has 0 atom stereocenters. The highest BCUT2D eigenvalue weighted by Crippen LogP contribution is 2.30. The molecule has 1 fully saturated rings. The molecular weight excluding hydrogens is 426 g/mol. The molecule has 3 rings (SSSR count). The Balaban J connectivity index is 1.82. The van der Waals surface area contributed by atoms with E-state index < -0.39 is 10.0 Å². The van der Waals surface area contributed by atoms with E-state index in [-0.39, 0.29) is 10.8 Å². The van der Waals surface area contributed by atoms with Gasteiger partial charge in [-0.25, -0.2) is 8.42 Å². The average Bonchev–Trinajstić information content (AvgIpc) is 2.81. The second kappa shape index (κ2) is 10.9. The number of rotatable bonds is 9. The van der Waals surface area contributed by atoms with Crippen LogP contribution in [-0.2, 0) is 26.0 Å².